The van der Waals surface area contributed by atoms with Crippen LogP contribution in [0.15, 0.2) is 24.3 Å². The van der Waals surface area contributed by atoms with Crippen molar-refractivity contribution in [3.8, 4) is 24.0 Å². The predicted octanol–water partition coefficient (Wildman–Crippen LogP) is 1.41. The highest BCUT2D eigenvalue weighted by Gasteiger charge is 2.02. The van der Waals surface area contributed by atoms with Gasteiger partial charge in [0.15, 0.2) is 11.5 Å². The van der Waals surface area contributed by atoms with Crippen molar-refractivity contribution >= 4 is 0 Å². The zero-order valence-electron chi connectivity index (χ0n) is 6.02. The number of benzene rings is 1. The standard InChI is InChI=1S/C8H4N2O2/c9-5-11-7-3-1-2-4-8(7)12-6-10/h1-4H. The van der Waals surface area contributed by atoms with Crippen LogP contribution in [-0.4, -0.2) is 0 Å². The van der Waals surface area contributed by atoms with E-state index in [1.807, 2.05) is 0 Å². The fourth-order valence-electron chi connectivity index (χ4n) is 0.717. The van der Waals surface area contributed by atoms with Gasteiger partial charge in [0, 0.05) is 0 Å². The number of hydrogen-bond donors (Lipinski definition) is 0. The van der Waals surface area contributed by atoms with Crippen molar-refractivity contribution in [3.63, 3.8) is 0 Å². The van der Waals surface area contributed by atoms with Gasteiger partial charge < -0.3 is 9.47 Å². The highest BCUT2D eigenvalue weighted by molar-refractivity contribution is 5.40. The molecule has 0 aliphatic rings. The number of hydrogen-bond acceptors (Lipinski definition) is 4. The second-order valence-corrected chi connectivity index (χ2v) is 1.83. The molecule has 1 rings (SSSR count). The van der Waals surface area contributed by atoms with Crippen molar-refractivity contribution in [2.24, 2.45) is 0 Å². The van der Waals surface area contributed by atoms with Crippen molar-refractivity contribution in [2.75, 3.05) is 0 Å². The van der Waals surface area contributed by atoms with Gasteiger partial charge in [0.05, 0.1) is 0 Å². The van der Waals surface area contributed by atoms with E-state index in [1.54, 1.807) is 12.1 Å². The van der Waals surface area contributed by atoms with E-state index in [-0.39, 0.29) is 11.5 Å². The second-order valence-electron chi connectivity index (χ2n) is 1.83. The lowest BCUT2D eigenvalue weighted by atomic mass is 10.3. The first-order valence-corrected chi connectivity index (χ1v) is 3.09. The molecule has 1 aromatic rings. The van der Waals surface area contributed by atoms with Crippen molar-refractivity contribution in [3.05, 3.63) is 24.3 Å². The van der Waals surface area contributed by atoms with E-state index in [0.717, 1.165) is 0 Å². The van der Waals surface area contributed by atoms with Crippen molar-refractivity contribution in [1.82, 2.24) is 0 Å². The number of para-hydroxylation sites is 2. The van der Waals surface area contributed by atoms with Crippen molar-refractivity contribution < 1.29 is 9.47 Å². The third-order valence-corrected chi connectivity index (χ3v) is 1.16. The maximum Gasteiger partial charge on any atom is 0.292 e. The molecule has 12 heavy (non-hydrogen) atoms. The van der Waals surface area contributed by atoms with Crippen LogP contribution in [0, 0.1) is 23.0 Å². The molecule has 0 bridgehead atoms. The van der Waals surface area contributed by atoms with Crippen LogP contribution in [0.2, 0.25) is 0 Å². The van der Waals surface area contributed by atoms with E-state index in [4.69, 9.17) is 10.5 Å². The van der Waals surface area contributed by atoms with E-state index in [2.05, 4.69) is 9.47 Å². The van der Waals surface area contributed by atoms with Crippen LogP contribution in [0.5, 0.6) is 11.5 Å². The zero-order chi connectivity index (χ0) is 8.81. The van der Waals surface area contributed by atoms with E-state index >= 15 is 0 Å². The minimum atomic E-state index is 0.238. The molecule has 0 atom stereocenters. The van der Waals surface area contributed by atoms with Crippen LogP contribution in [0.1, 0.15) is 0 Å². The van der Waals surface area contributed by atoms with Crippen LogP contribution in [0.4, 0.5) is 0 Å². The Hall–Kier alpha value is -2.20. The van der Waals surface area contributed by atoms with E-state index < -0.39 is 0 Å². The van der Waals surface area contributed by atoms with Gasteiger partial charge in [0.2, 0.25) is 0 Å². The van der Waals surface area contributed by atoms with E-state index in [1.165, 1.54) is 24.6 Å². The summed E-state index contributed by atoms with van der Waals surface area (Å²) in [4.78, 5) is 0. The number of nitrogens with zero attached hydrogens (tertiary/aromatic N) is 2. The quantitative estimate of drug-likeness (QED) is 0.613. The summed E-state index contributed by atoms with van der Waals surface area (Å²) in [5, 5.41) is 16.4. The average molecular weight is 160 g/mol. The fourth-order valence-corrected chi connectivity index (χ4v) is 0.717. The molecule has 0 N–H and O–H groups in total. The first-order chi connectivity index (χ1) is 5.88. The summed E-state index contributed by atoms with van der Waals surface area (Å²) < 4.78 is 9.04. The monoisotopic (exact) mass is 160 g/mol. The fraction of sp³-hybridized carbons (Fsp3) is 0. The highest BCUT2D eigenvalue weighted by Crippen LogP contribution is 2.25. The third kappa shape index (κ3) is 1.65. The lowest BCUT2D eigenvalue weighted by Crippen LogP contribution is -1.87. The summed E-state index contributed by atoms with van der Waals surface area (Å²) in [6.07, 6.45) is 2.99. The summed E-state index contributed by atoms with van der Waals surface area (Å²) >= 11 is 0. The Morgan fingerprint density at radius 3 is 1.67 bits per heavy atom. The highest BCUT2D eigenvalue weighted by atomic mass is 16.5. The molecule has 0 radical (unpaired) electrons. The smallest absolute Gasteiger partial charge is 0.292 e. The molecule has 0 spiro atoms. The van der Waals surface area contributed by atoms with Crippen molar-refractivity contribution in [2.45, 2.75) is 0 Å². The maximum absolute atomic E-state index is 8.20. The second kappa shape index (κ2) is 3.85. The lowest BCUT2D eigenvalue weighted by Gasteiger charge is -1.99. The Labute approximate surface area is 69.2 Å². The molecular formula is C8H4N2O2. The van der Waals surface area contributed by atoms with Gasteiger partial charge in [-0.2, -0.15) is 0 Å². The van der Waals surface area contributed by atoms with Gasteiger partial charge >= 0.3 is 0 Å². The van der Waals surface area contributed by atoms with Gasteiger partial charge in [-0.25, -0.2) is 0 Å². The molecule has 0 heterocycles. The molecule has 0 aliphatic heterocycles. The Kier molecular flexibility index (Phi) is 2.53. The van der Waals surface area contributed by atoms with Crippen molar-refractivity contribution in [1.29, 1.82) is 10.5 Å². The van der Waals surface area contributed by atoms with E-state index in [9.17, 15) is 0 Å². The summed E-state index contributed by atoms with van der Waals surface area (Å²) in [5.74, 6) is 0.475. The SMILES string of the molecule is N#COc1ccccc1OC#N. The minimum absolute atomic E-state index is 0.238. The Morgan fingerprint density at radius 1 is 0.917 bits per heavy atom. The van der Waals surface area contributed by atoms with E-state index in [0.29, 0.717) is 0 Å². The molecule has 4 nitrogen and oxygen atoms in total. The van der Waals surface area contributed by atoms with Crippen LogP contribution < -0.4 is 9.47 Å². The molecule has 0 amide bonds. The Bertz CT molecular complexity index is 314. The largest absolute Gasteiger partial charge is 0.384 e. The summed E-state index contributed by atoms with van der Waals surface area (Å²) in [7, 11) is 0. The molecule has 0 aliphatic carbocycles. The molecule has 0 saturated heterocycles. The topological polar surface area (TPSA) is 66.0 Å². The van der Waals surface area contributed by atoms with Crippen LogP contribution in [-0.2, 0) is 0 Å². The van der Waals surface area contributed by atoms with Gasteiger partial charge in [-0.05, 0) is 12.1 Å². The van der Waals surface area contributed by atoms with Crippen LogP contribution in [0.25, 0.3) is 0 Å². The molecule has 4 heteroatoms. The van der Waals surface area contributed by atoms with Gasteiger partial charge in [-0.15, -0.1) is 10.5 Å². The molecule has 0 saturated carbocycles. The maximum atomic E-state index is 8.20. The molecule has 0 unspecified atom stereocenters. The minimum Gasteiger partial charge on any atom is -0.384 e. The Morgan fingerprint density at radius 2 is 1.33 bits per heavy atom. The van der Waals surface area contributed by atoms with Gasteiger partial charge in [-0.3, -0.25) is 0 Å². The van der Waals surface area contributed by atoms with Crippen LogP contribution in [0.3, 0.4) is 0 Å². The summed E-state index contributed by atoms with van der Waals surface area (Å²) in [6, 6.07) is 6.43. The number of rotatable bonds is 2. The first-order valence-electron chi connectivity index (χ1n) is 3.09. The molecule has 0 aromatic heterocycles. The average Bonchev–Trinajstić information content (AvgIpc) is 2.09. The number of ether oxygens (including phenoxy) is 2. The molecule has 0 fully saturated rings. The summed E-state index contributed by atoms with van der Waals surface area (Å²) in [5.41, 5.74) is 0. The van der Waals surface area contributed by atoms with Gasteiger partial charge in [-0.1, -0.05) is 12.1 Å². The molecule has 58 valence electrons. The third-order valence-electron chi connectivity index (χ3n) is 1.16. The predicted molar refractivity (Wildman–Crippen MR) is 38.9 cm³/mol. The van der Waals surface area contributed by atoms with Crippen LogP contribution >= 0.6 is 0 Å². The Balaban J connectivity index is 2.95. The van der Waals surface area contributed by atoms with Gasteiger partial charge in [0.25, 0.3) is 12.5 Å². The zero-order valence-corrected chi connectivity index (χ0v) is 6.02. The normalized spacial score (nSPS) is 7.83. The summed E-state index contributed by atoms with van der Waals surface area (Å²) in [6.45, 7) is 0. The lowest BCUT2D eigenvalue weighted by molar-refractivity contribution is 0.441. The number of nitriles is 2. The molecular weight excluding hydrogens is 156 g/mol. The first kappa shape index (κ1) is 7.90. The molecule has 1 aromatic carbocycles. The van der Waals surface area contributed by atoms with Gasteiger partial charge in [0.1, 0.15) is 0 Å².